The summed E-state index contributed by atoms with van der Waals surface area (Å²) in [5.74, 6) is 1.81. The van der Waals surface area contributed by atoms with Crippen LogP contribution in [0.1, 0.15) is 35.8 Å². The van der Waals surface area contributed by atoms with Crippen LogP contribution in [0.15, 0.2) is 52.4 Å². The van der Waals surface area contributed by atoms with Gasteiger partial charge in [0.05, 0.1) is 10.4 Å². The number of thiophene rings is 1. The fourth-order valence-electron chi connectivity index (χ4n) is 3.90. The number of rotatable bonds is 4. The Kier molecular flexibility index (Phi) is 4.66. The molecule has 1 aliphatic rings. The maximum atomic E-state index is 6.01. The highest BCUT2D eigenvalue weighted by Gasteiger charge is 2.25. The van der Waals surface area contributed by atoms with Gasteiger partial charge in [0.15, 0.2) is 0 Å². The molecule has 6 heteroatoms. The van der Waals surface area contributed by atoms with Crippen LogP contribution in [0.25, 0.3) is 21.7 Å². The third-order valence-corrected chi connectivity index (χ3v) is 6.51. The van der Waals surface area contributed by atoms with Gasteiger partial charge in [-0.15, -0.1) is 21.5 Å². The predicted octanol–water partition coefficient (Wildman–Crippen LogP) is 5.03. The number of piperidine rings is 1. The summed E-state index contributed by atoms with van der Waals surface area (Å²) < 4.78 is 6.01. The van der Waals surface area contributed by atoms with E-state index in [0.717, 1.165) is 48.8 Å². The van der Waals surface area contributed by atoms with Gasteiger partial charge in [-0.05, 0) is 73.6 Å². The summed E-state index contributed by atoms with van der Waals surface area (Å²) in [4.78, 5) is 8.00. The number of aryl methyl sites for hydroxylation is 1. The molecule has 5 rings (SSSR count). The van der Waals surface area contributed by atoms with Crippen molar-refractivity contribution >= 4 is 22.2 Å². The van der Waals surface area contributed by atoms with Gasteiger partial charge in [0, 0.05) is 24.0 Å². The Balaban J connectivity index is 1.22. The second kappa shape index (κ2) is 7.45. The lowest BCUT2D eigenvalue weighted by Crippen LogP contribution is -2.32. The van der Waals surface area contributed by atoms with Crippen molar-refractivity contribution in [1.82, 2.24) is 20.1 Å². The highest BCUT2D eigenvalue weighted by atomic mass is 32.1. The number of nitrogens with zero attached hydrogens (tertiary/aromatic N) is 4. The number of aromatic nitrogens is 3. The van der Waals surface area contributed by atoms with Gasteiger partial charge in [0.2, 0.25) is 5.89 Å². The van der Waals surface area contributed by atoms with Crippen molar-refractivity contribution in [2.24, 2.45) is 0 Å². The third kappa shape index (κ3) is 3.45. The third-order valence-electron chi connectivity index (χ3n) is 5.51. The molecule has 4 heterocycles. The number of hydrogen-bond donors (Lipinski definition) is 0. The lowest BCUT2D eigenvalue weighted by molar-refractivity contribution is 0.193. The Morgan fingerprint density at radius 1 is 1.14 bits per heavy atom. The highest BCUT2D eigenvalue weighted by molar-refractivity contribution is 7.13. The molecule has 1 saturated heterocycles. The van der Waals surface area contributed by atoms with E-state index in [0.29, 0.717) is 11.8 Å². The minimum absolute atomic E-state index is 0.360. The number of fused-ring (bicyclic) bond motifs is 1. The van der Waals surface area contributed by atoms with Crippen molar-refractivity contribution in [2.45, 2.75) is 32.2 Å². The minimum Gasteiger partial charge on any atom is -0.420 e. The largest absolute Gasteiger partial charge is 0.420 e. The van der Waals surface area contributed by atoms with Crippen LogP contribution in [0, 0.1) is 6.92 Å². The van der Waals surface area contributed by atoms with Gasteiger partial charge in [0.1, 0.15) is 0 Å². The van der Waals surface area contributed by atoms with Crippen molar-refractivity contribution < 1.29 is 4.42 Å². The summed E-state index contributed by atoms with van der Waals surface area (Å²) in [6.45, 7) is 5.15. The number of pyridine rings is 1. The molecule has 1 aliphatic heterocycles. The molecule has 142 valence electrons. The van der Waals surface area contributed by atoms with Gasteiger partial charge < -0.3 is 4.42 Å². The summed E-state index contributed by atoms with van der Waals surface area (Å²) in [5.41, 5.74) is 3.59. The van der Waals surface area contributed by atoms with Gasteiger partial charge >= 0.3 is 0 Å². The Morgan fingerprint density at radius 2 is 2.04 bits per heavy atom. The van der Waals surface area contributed by atoms with E-state index in [1.807, 2.05) is 12.3 Å². The molecule has 0 aliphatic carbocycles. The normalized spacial score (nSPS) is 16.0. The molecule has 0 spiro atoms. The van der Waals surface area contributed by atoms with Crippen molar-refractivity contribution in [3.63, 3.8) is 0 Å². The van der Waals surface area contributed by atoms with E-state index in [-0.39, 0.29) is 0 Å². The molecule has 0 unspecified atom stereocenters. The van der Waals surface area contributed by atoms with Gasteiger partial charge in [-0.1, -0.05) is 12.1 Å². The zero-order valence-corrected chi connectivity index (χ0v) is 16.7. The Morgan fingerprint density at radius 3 is 2.86 bits per heavy atom. The first-order valence-electron chi connectivity index (χ1n) is 9.70. The monoisotopic (exact) mass is 390 g/mol. The van der Waals surface area contributed by atoms with Crippen LogP contribution in [0.3, 0.4) is 0 Å². The fourth-order valence-corrected chi connectivity index (χ4v) is 4.75. The molecule has 5 nitrogen and oxygen atoms in total. The van der Waals surface area contributed by atoms with Crippen LogP contribution in [-0.4, -0.2) is 33.2 Å². The Labute approximate surface area is 168 Å². The molecule has 3 aromatic heterocycles. The fraction of sp³-hybridized carbons (Fsp3) is 0.318. The summed E-state index contributed by atoms with van der Waals surface area (Å²) in [6.07, 6.45) is 3.95. The minimum atomic E-state index is 0.360. The quantitative estimate of drug-likeness (QED) is 0.489. The molecular weight excluding hydrogens is 368 g/mol. The van der Waals surface area contributed by atoms with E-state index in [2.05, 4.69) is 62.7 Å². The SMILES string of the molecule is Cc1ccsc1-c1nnc(C2CCN(Cc3ccc4ncccc4c3)CC2)o1. The van der Waals surface area contributed by atoms with Crippen molar-refractivity contribution in [1.29, 1.82) is 0 Å². The molecule has 0 saturated carbocycles. The molecule has 0 radical (unpaired) electrons. The van der Waals surface area contributed by atoms with Gasteiger partial charge in [-0.3, -0.25) is 9.88 Å². The van der Waals surface area contributed by atoms with Crippen LogP contribution >= 0.6 is 11.3 Å². The van der Waals surface area contributed by atoms with E-state index in [1.54, 1.807) is 11.3 Å². The first kappa shape index (κ1) is 17.5. The molecule has 0 bridgehead atoms. The van der Waals surface area contributed by atoms with Crippen molar-refractivity contribution in [3.05, 3.63) is 65.0 Å². The van der Waals surface area contributed by atoms with Gasteiger partial charge in [0.25, 0.3) is 5.89 Å². The second-order valence-corrected chi connectivity index (χ2v) is 8.38. The lowest BCUT2D eigenvalue weighted by atomic mass is 9.96. The molecule has 4 aromatic rings. The van der Waals surface area contributed by atoms with Gasteiger partial charge in [-0.25, -0.2) is 0 Å². The van der Waals surface area contributed by atoms with E-state index >= 15 is 0 Å². The molecule has 0 atom stereocenters. The molecule has 28 heavy (non-hydrogen) atoms. The average molecular weight is 391 g/mol. The molecular formula is C22H22N4OS. The maximum absolute atomic E-state index is 6.01. The van der Waals surface area contributed by atoms with Crippen LogP contribution in [0.4, 0.5) is 0 Å². The number of hydrogen-bond acceptors (Lipinski definition) is 6. The van der Waals surface area contributed by atoms with Crippen molar-refractivity contribution in [2.75, 3.05) is 13.1 Å². The van der Waals surface area contributed by atoms with Crippen LogP contribution < -0.4 is 0 Å². The van der Waals surface area contributed by atoms with E-state index in [9.17, 15) is 0 Å². The highest BCUT2D eigenvalue weighted by Crippen LogP contribution is 2.32. The van der Waals surface area contributed by atoms with E-state index in [1.165, 1.54) is 16.5 Å². The van der Waals surface area contributed by atoms with Crippen LogP contribution in [0.5, 0.6) is 0 Å². The molecule has 0 amide bonds. The molecule has 1 fully saturated rings. The molecule has 1 aromatic carbocycles. The van der Waals surface area contributed by atoms with Crippen molar-refractivity contribution in [3.8, 4) is 10.8 Å². The Hall–Kier alpha value is -2.57. The van der Waals surface area contributed by atoms with E-state index < -0.39 is 0 Å². The number of benzene rings is 1. The molecule has 0 N–H and O–H groups in total. The zero-order chi connectivity index (χ0) is 18.9. The van der Waals surface area contributed by atoms with Crippen LogP contribution in [0.2, 0.25) is 0 Å². The average Bonchev–Trinajstić information content (AvgIpc) is 3.37. The summed E-state index contributed by atoms with van der Waals surface area (Å²) in [7, 11) is 0. The predicted molar refractivity (Wildman–Crippen MR) is 111 cm³/mol. The topological polar surface area (TPSA) is 55.1 Å². The smallest absolute Gasteiger partial charge is 0.258 e. The number of likely N-dealkylation sites (tertiary alicyclic amines) is 1. The first-order chi connectivity index (χ1) is 13.8. The summed E-state index contributed by atoms with van der Waals surface area (Å²) in [6, 6.07) is 12.8. The van der Waals surface area contributed by atoms with E-state index in [4.69, 9.17) is 4.42 Å². The maximum Gasteiger partial charge on any atom is 0.258 e. The summed E-state index contributed by atoms with van der Waals surface area (Å²) >= 11 is 1.66. The summed E-state index contributed by atoms with van der Waals surface area (Å²) in [5, 5.41) is 11.9. The second-order valence-electron chi connectivity index (χ2n) is 7.46. The zero-order valence-electron chi connectivity index (χ0n) is 15.8. The first-order valence-corrected chi connectivity index (χ1v) is 10.6. The van der Waals surface area contributed by atoms with Gasteiger partial charge in [-0.2, -0.15) is 0 Å². The van der Waals surface area contributed by atoms with Crippen LogP contribution in [-0.2, 0) is 6.54 Å². The Bertz CT molecular complexity index is 1090. The standard InChI is InChI=1S/C22H22N4OS/c1-15-8-12-28-20(15)22-25-24-21(27-22)17-6-10-26(11-7-17)14-16-4-5-19-18(13-16)3-2-9-23-19/h2-5,8-9,12-13,17H,6-7,10-11,14H2,1H3. The lowest BCUT2D eigenvalue weighted by Gasteiger charge is -2.30.